The van der Waals surface area contributed by atoms with E-state index in [0.717, 1.165) is 5.69 Å². The number of likely N-dealkylation sites (tertiary alicyclic amines) is 1. The van der Waals surface area contributed by atoms with E-state index in [1.165, 1.54) is 4.90 Å². The first-order valence-corrected chi connectivity index (χ1v) is 7.22. The van der Waals surface area contributed by atoms with Crippen LogP contribution in [0.2, 0.25) is 0 Å². The van der Waals surface area contributed by atoms with Crippen LogP contribution in [0.1, 0.15) is 25.1 Å². The number of nitrogens with zero attached hydrogens (tertiary/aromatic N) is 2. The molecule has 0 aromatic carbocycles. The molecule has 1 saturated heterocycles. The summed E-state index contributed by atoms with van der Waals surface area (Å²) in [7, 11) is -3.67. The maximum Gasteiger partial charge on any atom is 0.224 e. The molecule has 1 aromatic heterocycles. The fourth-order valence-electron chi connectivity index (χ4n) is 2.07. The van der Waals surface area contributed by atoms with E-state index in [1.807, 2.05) is 19.1 Å². The molecule has 2 heterocycles. The number of aromatic nitrogens is 1. The summed E-state index contributed by atoms with van der Waals surface area (Å²) >= 11 is 0. The number of carbonyl (C=O) groups excluding carboxylic acids is 1. The third-order valence-corrected chi connectivity index (χ3v) is 4.42. The number of amides is 1. The third kappa shape index (κ3) is 2.51. The van der Waals surface area contributed by atoms with Crippen molar-refractivity contribution in [1.29, 1.82) is 0 Å². The smallest absolute Gasteiger partial charge is 0.224 e. The van der Waals surface area contributed by atoms with Crippen molar-refractivity contribution in [2.45, 2.75) is 24.6 Å². The van der Waals surface area contributed by atoms with E-state index in [2.05, 4.69) is 4.98 Å². The molecule has 1 aliphatic rings. The number of rotatable bonds is 3. The van der Waals surface area contributed by atoms with Crippen LogP contribution in [0.4, 0.5) is 0 Å². The second kappa shape index (κ2) is 4.66. The van der Waals surface area contributed by atoms with Gasteiger partial charge in [-0.2, -0.15) is 0 Å². The molecule has 2 unspecified atom stereocenters. The van der Waals surface area contributed by atoms with Gasteiger partial charge in [-0.1, -0.05) is 6.07 Å². The highest BCUT2D eigenvalue weighted by Crippen LogP contribution is 2.26. The van der Waals surface area contributed by atoms with Gasteiger partial charge in [0, 0.05) is 19.2 Å². The molecular formula is C11H15N3O3S. The van der Waals surface area contributed by atoms with Gasteiger partial charge in [0.05, 0.1) is 11.7 Å². The second-order valence-corrected chi connectivity index (χ2v) is 6.24. The monoisotopic (exact) mass is 269 g/mol. The Morgan fingerprint density at radius 1 is 1.50 bits per heavy atom. The van der Waals surface area contributed by atoms with Crippen LogP contribution in [0.3, 0.4) is 0 Å². The van der Waals surface area contributed by atoms with E-state index in [-0.39, 0.29) is 24.9 Å². The van der Waals surface area contributed by atoms with E-state index in [0.29, 0.717) is 0 Å². The quantitative estimate of drug-likeness (QED) is 0.837. The van der Waals surface area contributed by atoms with Crippen LogP contribution in [0, 0.1) is 0 Å². The summed E-state index contributed by atoms with van der Waals surface area (Å²) < 4.78 is 22.5. The van der Waals surface area contributed by atoms with E-state index in [1.54, 1.807) is 12.3 Å². The molecule has 2 N–H and O–H groups in total. The summed E-state index contributed by atoms with van der Waals surface area (Å²) in [6.45, 7) is 1.96. The van der Waals surface area contributed by atoms with Crippen molar-refractivity contribution in [3.63, 3.8) is 0 Å². The number of carbonyl (C=O) groups is 1. The first-order valence-electron chi connectivity index (χ1n) is 5.61. The van der Waals surface area contributed by atoms with Gasteiger partial charge in [-0.15, -0.1) is 0 Å². The fourth-order valence-corrected chi connectivity index (χ4v) is 2.82. The standard InChI is InChI=1S/C11H15N3O3S/c1-8(10-4-2-3-5-13-10)14-7-9(6-11(14)15)18(12,16)17/h2-5,8-9H,6-7H2,1H3,(H2,12,16,17). The normalized spacial score (nSPS) is 22.2. The second-order valence-electron chi connectivity index (χ2n) is 4.39. The van der Waals surface area contributed by atoms with Gasteiger partial charge < -0.3 is 4.90 Å². The lowest BCUT2D eigenvalue weighted by Crippen LogP contribution is -2.33. The molecule has 2 atom stereocenters. The molecule has 98 valence electrons. The molecule has 1 fully saturated rings. The van der Waals surface area contributed by atoms with Crippen molar-refractivity contribution >= 4 is 15.9 Å². The van der Waals surface area contributed by atoms with Crippen LogP contribution in [-0.2, 0) is 14.8 Å². The molecule has 6 nitrogen and oxygen atoms in total. The van der Waals surface area contributed by atoms with Gasteiger partial charge in [0.25, 0.3) is 0 Å². The molecule has 18 heavy (non-hydrogen) atoms. The number of nitrogens with two attached hydrogens (primary N) is 1. The number of pyridine rings is 1. The van der Waals surface area contributed by atoms with E-state index >= 15 is 0 Å². The van der Waals surface area contributed by atoms with Crippen molar-refractivity contribution < 1.29 is 13.2 Å². The zero-order valence-electron chi connectivity index (χ0n) is 9.98. The van der Waals surface area contributed by atoms with Gasteiger partial charge in [0.1, 0.15) is 5.25 Å². The molecule has 1 amide bonds. The van der Waals surface area contributed by atoms with Crippen LogP contribution in [-0.4, -0.2) is 36.0 Å². The molecule has 2 rings (SSSR count). The average Bonchev–Trinajstić information content (AvgIpc) is 2.71. The topological polar surface area (TPSA) is 93.4 Å². The number of hydrogen-bond acceptors (Lipinski definition) is 4. The Balaban J connectivity index is 2.18. The Morgan fingerprint density at radius 3 is 2.72 bits per heavy atom. The summed E-state index contributed by atoms with van der Waals surface area (Å²) in [4.78, 5) is 17.5. The summed E-state index contributed by atoms with van der Waals surface area (Å²) in [6.07, 6.45) is 1.60. The van der Waals surface area contributed by atoms with Crippen LogP contribution in [0.25, 0.3) is 0 Å². The minimum atomic E-state index is -3.67. The Bertz CT molecular complexity index is 544. The first-order chi connectivity index (χ1) is 8.39. The van der Waals surface area contributed by atoms with Gasteiger partial charge in [0.2, 0.25) is 15.9 Å². The summed E-state index contributed by atoms with van der Waals surface area (Å²) in [6, 6.07) is 5.18. The molecule has 1 aromatic rings. The Morgan fingerprint density at radius 2 is 2.22 bits per heavy atom. The highest BCUT2D eigenvalue weighted by Gasteiger charge is 2.38. The summed E-state index contributed by atoms with van der Waals surface area (Å²) in [5.74, 6) is -0.202. The van der Waals surface area contributed by atoms with Crippen LogP contribution in [0.5, 0.6) is 0 Å². The third-order valence-electron chi connectivity index (χ3n) is 3.17. The zero-order valence-corrected chi connectivity index (χ0v) is 10.8. The minimum Gasteiger partial charge on any atom is -0.333 e. The van der Waals surface area contributed by atoms with Crippen molar-refractivity contribution in [2.75, 3.05) is 6.54 Å². The molecule has 0 bridgehead atoms. The summed E-state index contributed by atoms with van der Waals surface area (Å²) in [5.41, 5.74) is 0.737. The Kier molecular flexibility index (Phi) is 3.36. The van der Waals surface area contributed by atoms with E-state index in [4.69, 9.17) is 5.14 Å². The molecular weight excluding hydrogens is 254 g/mol. The lowest BCUT2D eigenvalue weighted by atomic mass is 10.2. The number of hydrogen-bond donors (Lipinski definition) is 1. The lowest BCUT2D eigenvalue weighted by molar-refractivity contribution is -0.129. The minimum absolute atomic E-state index is 0.0456. The SMILES string of the molecule is CC(c1ccccn1)N1CC(S(N)(=O)=O)CC1=O. The largest absolute Gasteiger partial charge is 0.333 e. The van der Waals surface area contributed by atoms with Crippen LogP contribution < -0.4 is 5.14 Å². The van der Waals surface area contributed by atoms with Crippen molar-refractivity contribution in [1.82, 2.24) is 9.88 Å². The average molecular weight is 269 g/mol. The number of primary sulfonamides is 1. The predicted molar refractivity (Wildman–Crippen MR) is 65.9 cm³/mol. The highest BCUT2D eigenvalue weighted by molar-refractivity contribution is 7.89. The summed E-state index contributed by atoms with van der Waals surface area (Å²) in [5, 5.41) is 4.27. The first kappa shape index (κ1) is 13.0. The highest BCUT2D eigenvalue weighted by atomic mass is 32.2. The fraction of sp³-hybridized carbons (Fsp3) is 0.455. The van der Waals surface area contributed by atoms with Gasteiger partial charge in [-0.3, -0.25) is 9.78 Å². The zero-order chi connectivity index (χ0) is 13.3. The predicted octanol–water partition coefficient (Wildman–Crippen LogP) is 0.0320. The van der Waals surface area contributed by atoms with Gasteiger partial charge in [0.15, 0.2) is 0 Å². The maximum absolute atomic E-state index is 11.8. The van der Waals surface area contributed by atoms with E-state index in [9.17, 15) is 13.2 Å². The molecule has 0 spiro atoms. The molecule has 1 aliphatic heterocycles. The molecule has 7 heteroatoms. The van der Waals surface area contributed by atoms with Crippen molar-refractivity contribution in [3.8, 4) is 0 Å². The maximum atomic E-state index is 11.8. The van der Waals surface area contributed by atoms with Gasteiger partial charge >= 0.3 is 0 Å². The van der Waals surface area contributed by atoms with E-state index < -0.39 is 15.3 Å². The van der Waals surface area contributed by atoms with Crippen LogP contribution in [0.15, 0.2) is 24.4 Å². The molecule has 0 radical (unpaired) electrons. The van der Waals surface area contributed by atoms with Crippen molar-refractivity contribution in [3.05, 3.63) is 30.1 Å². The number of sulfonamides is 1. The lowest BCUT2D eigenvalue weighted by Gasteiger charge is -2.24. The molecule has 0 aliphatic carbocycles. The van der Waals surface area contributed by atoms with Gasteiger partial charge in [-0.05, 0) is 19.1 Å². The Labute approximate surface area is 106 Å². The van der Waals surface area contributed by atoms with Crippen molar-refractivity contribution in [2.24, 2.45) is 5.14 Å². The van der Waals surface area contributed by atoms with Crippen LogP contribution >= 0.6 is 0 Å². The molecule has 0 saturated carbocycles. The Hall–Kier alpha value is -1.47. The van der Waals surface area contributed by atoms with Gasteiger partial charge in [-0.25, -0.2) is 13.6 Å².